The maximum atomic E-state index is 13.8. The second kappa shape index (κ2) is 20.8. The maximum Gasteiger partial charge on any atom is 0.247 e. The largest absolute Gasteiger partial charge is 0.394 e. The van der Waals surface area contributed by atoms with E-state index in [-0.39, 0.29) is 44.2 Å². The highest BCUT2D eigenvalue weighted by Gasteiger charge is 2.42. The zero-order valence-corrected chi connectivity index (χ0v) is 30.9. The van der Waals surface area contributed by atoms with Crippen LogP contribution in [0.15, 0.2) is 35.5 Å². The van der Waals surface area contributed by atoms with E-state index < -0.39 is 66.1 Å². The van der Waals surface area contributed by atoms with Gasteiger partial charge in [0.05, 0.1) is 50.2 Å². The molecule has 17 heteroatoms. The number of carbonyl (C=O) groups excluding carboxylic acids is 6. The summed E-state index contributed by atoms with van der Waals surface area (Å²) >= 11 is 1.51. The smallest absolute Gasteiger partial charge is 0.247 e. The molecule has 1 saturated heterocycles. The van der Waals surface area contributed by atoms with Crippen LogP contribution in [-0.2, 0) is 39.9 Å². The van der Waals surface area contributed by atoms with E-state index in [1.807, 2.05) is 44.4 Å². The molecular formula is C35H52N8O8S. The lowest BCUT2D eigenvalue weighted by molar-refractivity contribution is -0.142. The third kappa shape index (κ3) is 12.2. The van der Waals surface area contributed by atoms with Gasteiger partial charge in [-0.15, -0.1) is 0 Å². The fourth-order valence-electron chi connectivity index (χ4n) is 5.52. The molecule has 1 aliphatic heterocycles. The van der Waals surface area contributed by atoms with Gasteiger partial charge in [0.2, 0.25) is 23.6 Å². The minimum absolute atomic E-state index is 0.00780. The normalized spacial score (nSPS) is 16.9. The molecule has 9 N–H and O–H groups in total. The highest BCUT2D eigenvalue weighted by atomic mass is 32.2. The van der Waals surface area contributed by atoms with Gasteiger partial charge in [-0.1, -0.05) is 39.0 Å². The van der Waals surface area contributed by atoms with Crippen LogP contribution in [-0.4, -0.2) is 126 Å². The Morgan fingerprint density at radius 1 is 1.08 bits per heavy atom. The number of aldehydes is 2. The van der Waals surface area contributed by atoms with E-state index in [9.17, 15) is 33.9 Å². The van der Waals surface area contributed by atoms with Crippen molar-refractivity contribution in [2.75, 3.05) is 38.4 Å². The molecule has 3 rings (SSSR count). The summed E-state index contributed by atoms with van der Waals surface area (Å²) in [5, 5.41) is 24.9. The summed E-state index contributed by atoms with van der Waals surface area (Å²) in [6, 6.07) is 2.73. The molecule has 1 aliphatic rings. The third-order valence-electron chi connectivity index (χ3n) is 8.58. The molecule has 2 unspecified atom stereocenters. The molecule has 4 amide bonds. The first kappa shape index (κ1) is 42.3. The number of benzene rings is 1. The van der Waals surface area contributed by atoms with Gasteiger partial charge >= 0.3 is 0 Å². The van der Waals surface area contributed by atoms with Crippen LogP contribution in [0.1, 0.15) is 45.6 Å². The van der Waals surface area contributed by atoms with E-state index in [4.69, 9.17) is 10.5 Å². The Hall–Kier alpha value is -4.16. The van der Waals surface area contributed by atoms with Gasteiger partial charge in [-0.05, 0) is 48.8 Å². The van der Waals surface area contributed by atoms with Crippen LogP contribution < -0.4 is 32.3 Å². The number of para-hydroxylation sites is 1. The first-order chi connectivity index (χ1) is 24.9. The summed E-state index contributed by atoms with van der Waals surface area (Å²) in [6.07, 6.45) is 5.90. The minimum Gasteiger partial charge on any atom is -0.394 e. The standard InChI is InChI=1S/C35H52N8O8S/c1-5-25(36)32(48)42-28(13-22-14-37-26-9-7-6-8-24(22)26)34(50)43-35(19-51-20-35)38-15-31(47)41-27(12-21(2)3)29(17-45)40-30(18-46)33(49)39-23(16-44)10-11-52-4/h6-9,14,16-17,21,23,25,27-28,30,37-38,46H,5,10-13,15,18-20,36H2,1-4H3,(H,39,49)(H,41,47)(H,42,48)(H,43,50)/b40-29-/t23-,25-,27-,28?,30?/m0/s1. The zero-order chi connectivity index (χ0) is 38.3. The molecule has 16 nitrogen and oxygen atoms in total. The van der Waals surface area contributed by atoms with Crippen LogP contribution in [0.3, 0.4) is 0 Å². The molecule has 1 fully saturated rings. The summed E-state index contributed by atoms with van der Waals surface area (Å²) < 4.78 is 5.41. The highest BCUT2D eigenvalue weighted by Crippen LogP contribution is 2.20. The van der Waals surface area contributed by atoms with Crippen molar-refractivity contribution in [2.24, 2.45) is 16.6 Å². The third-order valence-corrected chi connectivity index (χ3v) is 9.22. The number of nitrogens with zero attached hydrogens (tertiary/aromatic N) is 1. The molecule has 2 aromatic rings. The number of nitrogens with two attached hydrogens (primary N) is 1. The van der Waals surface area contributed by atoms with E-state index in [1.54, 1.807) is 13.1 Å². The van der Waals surface area contributed by atoms with E-state index >= 15 is 0 Å². The van der Waals surface area contributed by atoms with Crippen molar-refractivity contribution in [3.63, 3.8) is 0 Å². The van der Waals surface area contributed by atoms with Gasteiger partial charge < -0.3 is 46.6 Å². The molecule has 1 aromatic carbocycles. The van der Waals surface area contributed by atoms with Crippen LogP contribution in [0, 0.1) is 5.92 Å². The number of aromatic nitrogens is 1. The summed E-state index contributed by atoms with van der Waals surface area (Å²) in [4.78, 5) is 83.7. The van der Waals surface area contributed by atoms with Crippen molar-refractivity contribution >= 4 is 64.6 Å². The van der Waals surface area contributed by atoms with E-state index in [0.29, 0.717) is 31.2 Å². The van der Waals surface area contributed by atoms with Gasteiger partial charge in [-0.3, -0.25) is 34.3 Å². The molecule has 1 aromatic heterocycles. The molecule has 0 bridgehead atoms. The Morgan fingerprint density at radius 2 is 1.81 bits per heavy atom. The first-order valence-corrected chi connectivity index (χ1v) is 18.7. The van der Waals surface area contributed by atoms with Gasteiger partial charge in [0.15, 0.2) is 12.3 Å². The number of hydrogen-bond donors (Lipinski definition) is 8. The average molecular weight is 745 g/mol. The lowest BCUT2D eigenvalue weighted by Gasteiger charge is -2.43. The maximum absolute atomic E-state index is 13.8. The molecule has 0 spiro atoms. The van der Waals surface area contributed by atoms with Gasteiger partial charge in [0.1, 0.15) is 18.0 Å². The number of rotatable bonds is 23. The van der Waals surface area contributed by atoms with E-state index in [1.165, 1.54) is 11.8 Å². The topological polar surface area (TPSA) is 246 Å². The van der Waals surface area contributed by atoms with Gasteiger partial charge in [-0.25, -0.2) is 0 Å². The van der Waals surface area contributed by atoms with Crippen molar-refractivity contribution in [3.05, 3.63) is 36.0 Å². The van der Waals surface area contributed by atoms with Crippen molar-refractivity contribution < 1.29 is 38.6 Å². The zero-order valence-electron chi connectivity index (χ0n) is 30.1. The second-order valence-corrected chi connectivity index (χ2v) is 14.2. The van der Waals surface area contributed by atoms with Gasteiger partial charge in [0.25, 0.3) is 0 Å². The van der Waals surface area contributed by atoms with Crippen LogP contribution in [0.5, 0.6) is 0 Å². The molecule has 0 radical (unpaired) electrons. The van der Waals surface area contributed by atoms with E-state index in [2.05, 4.69) is 36.6 Å². The molecule has 2 heterocycles. The predicted molar refractivity (Wildman–Crippen MR) is 199 cm³/mol. The Morgan fingerprint density at radius 3 is 2.40 bits per heavy atom. The molecule has 0 aliphatic carbocycles. The Bertz CT molecular complexity index is 1560. The Balaban J connectivity index is 1.72. The van der Waals surface area contributed by atoms with Gasteiger partial charge in [0, 0.05) is 23.5 Å². The number of aliphatic hydroxyl groups is 1. The average Bonchev–Trinajstić information content (AvgIpc) is 3.52. The number of fused-ring (bicyclic) bond motifs is 1. The molecular weight excluding hydrogens is 693 g/mol. The van der Waals surface area contributed by atoms with Crippen LogP contribution >= 0.6 is 11.8 Å². The number of hydrogen-bond acceptors (Lipinski definition) is 12. The lowest BCUT2D eigenvalue weighted by atomic mass is 9.99. The Labute approximate surface area is 307 Å². The van der Waals surface area contributed by atoms with Crippen molar-refractivity contribution in [1.82, 2.24) is 31.6 Å². The van der Waals surface area contributed by atoms with Crippen LogP contribution in [0.2, 0.25) is 0 Å². The molecule has 52 heavy (non-hydrogen) atoms. The molecule has 286 valence electrons. The summed E-state index contributed by atoms with van der Waals surface area (Å²) in [5.41, 5.74) is 6.37. The summed E-state index contributed by atoms with van der Waals surface area (Å²) in [5.74, 6) is -1.63. The number of amides is 4. The monoisotopic (exact) mass is 744 g/mol. The highest BCUT2D eigenvalue weighted by molar-refractivity contribution is 7.98. The number of aliphatic imine (C=N–C) groups is 1. The number of H-pyrrole nitrogens is 1. The number of ether oxygens (including phenoxy) is 1. The Kier molecular flexibility index (Phi) is 16.9. The van der Waals surface area contributed by atoms with Gasteiger partial charge in [-0.2, -0.15) is 11.8 Å². The van der Waals surface area contributed by atoms with Crippen molar-refractivity contribution in [2.45, 2.75) is 82.3 Å². The van der Waals surface area contributed by atoms with Crippen LogP contribution in [0.4, 0.5) is 0 Å². The number of aromatic amines is 1. The minimum atomic E-state index is -1.38. The fourth-order valence-corrected chi connectivity index (χ4v) is 6.01. The number of nitrogens with one attached hydrogen (secondary N) is 6. The lowest BCUT2D eigenvalue weighted by Crippen LogP contribution is -2.73. The fraction of sp³-hybridized carbons (Fsp3) is 0.571. The number of aliphatic hydroxyl groups excluding tert-OH is 1. The molecule has 5 atom stereocenters. The number of carbonyl (C=O) groups is 6. The number of thioether (sulfide) groups is 1. The molecule has 0 saturated carbocycles. The quantitative estimate of drug-likeness (QED) is 0.0403. The summed E-state index contributed by atoms with van der Waals surface area (Å²) in [6.45, 7) is 4.58. The SMILES string of the molecule is CC[C@H](N)C(=O)NC(Cc1c[nH]c2ccccc12)C(=O)NC1(NCC(=O)N[C@@H](CC(C)C)/C(C=O)=N\C(CO)C(=O)N[C@H](C=O)CCSC)COC1. The predicted octanol–water partition coefficient (Wildman–Crippen LogP) is -0.667. The van der Waals surface area contributed by atoms with E-state index in [0.717, 1.165) is 16.5 Å². The van der Waals surface area contributed by atoms with Crippen molar-refractivity contribution in [3.8, 4) is 0 Å². The van der Waals surface area contributed by atoms with Crippen LogP contribution in [0.25, 0.3) is 10.9 Å². The second-order valence-electron chi connectivity index (χ2n) is 13.2. The summed E-state index contributed by atoms with van der Waals surface area (Å²) in [7, 11) is 0. The van der Waals surface area contributed by atoms with Crippen molar-refractivity contribution in [1.29, 1.82) is 0 Å². The first-order valence-electron chi connectivity index (χ1n) is 17.3.